The summed E-state index contributed by atoms with van der Waals surface area (Å²) in [5.74, 6) is 0.658. The number of hydrogen-bond acceptors (Lipinski definition) is 4. The van der Waals surface area contributed by atoms with E-state index in [-0.39, 0.29) is 5.41 Å². The average Bonchev–Trinajstić information content (AvgIpc) is 2.46. The van der Waals surface area contributed by atoms with Crippen molar-refractivity contribution in [2.24, 2.45) is 5.41 Å². The lowest BCUT2D eigenvalue weighted by Crippen LogP contribution is -2.18. The number of nitrogens with one attached hydrogen (secondary N) is 1. The van der Waals surface area contributed by atoms with Crippen molar-refractivity contribution in [2.75, 3.05) is 26.9 Å². The lowest BCUT2D eigenvalue weighted by Gasteiger charge is -2.16. The summed E-state index contributed by atoms with van der Waals surface area (Å²) in [6.07, 6.45) is 0.667. The van der Waals surface area contributed by atoms with Crippen LogP contribution in [0.1, 0.15) is 25.8 Å². The van der Waals surface area contributed by atoms with Crippen LogP contribution in [0.5, 0.6) is 5.75 Å². The molecule has 0 saturated carbocycles. The van der Waals surface area contributed by atoms with Crippen LogP contribution < -0.4 is 10.1 Å². The first-order valence-electron chi connectivity index (χ1n) is 7.00. The van der Waals surface area contributed by atoms with E-state index in [1.54, 1.807) is 7.11 Å². The number of hydrogen-bond donors (Lipinski definition) is 1. The molecule has 0 aliphatic rings. The van der Waals surface area contributed by atoms with Crippen molar-refractivity contribution in [3.05, 3.63) is 28.8 Å². The van der Waals surface area contributed by atoms with E-state index >= 15 is 0 Å². The minimum Gasteiger partial charge on any atom is -0.492 e. The summed E-state index contributed by atoms with van der Waals surface area (Å²) in [5, 5.41) is 12.8. The van der Waals surface area contributed by atoms with E-state index in [4.69, 9.17) is 26.3 Å². The van der Waals surface area contributed by atoms with E-state index in [0.717, 1.165) is 18.7 Å². The molecule has 0 radical (unpaired) electrons. The Morgan fingerprint density at radius 1 is 1.33 bits per heavy atom. The minimum absolute atomic E-state index is 0.377. The molecule has 0 unspecified atom stereocenters. The summed E-state index contributed by atoms with van der Waals surface area (Å²) in [6, 6.07) is 8.00. The standard InChI is InChI=1S/C16H23ClN2O2/c1-16(2,12-18)6-8-21-15-5-4-13(10-14(15)17)11-19-7-9-20-3/h4-5,10,19H,6-9,11H2,1-3H3. The molecule has 0 aliphatic heterocycles. The van der Waals surface area contributed by atoms with Gasteiger partial charge < -0.3 is 14.8 Å². The molecule has 1 aromatic carbocycles. The van der Waals surface area contributed by atoms with Crippen LogP contribution in [-0.2, 0) is 11.3 Å². The van der Waals surface area contributed by atoms with E-state index < -0.39 is 0 Å². The highest BCUT2D eigenvalue weighted by atomic mass is 35.5. The Hall–Kier alpha value is -1.28. The van der Waals surface area contributed by atoms with E-state index in [1.807, 2.05) is 32.0 Å². The Bertz CT molecular complexity index is 484. The molecule has 0 fully saturated rings. The number of ether oxygens (including phenoxy) is 2. The van der Waals surface area contributed by atoms with Crippen molar-refractivity contribution in [1.82, 2.24) is 5.32 Å². The average molecular weight is 311 g/mol. The summed E-state index contributed by atoms with van der Waals surface area (Å²) < 4.78 is 10.6. The van der Waals surface area contributed by atoms with Crippen molar-refractivity contribution < 1.29 is 9.47 Å². The third kappa shape index (κ3) is 6.81. The second-order valence-corrected chi connectivity index (χ2v) is 5.94. The third-order valence-electron chi connectivity index (χ3n) is 3.10. The highest BCUT2D eigenvalue weighted by Crippen LogP contribution is 2.27. The van der Waals surface area contributed by atoms with Gasteiger partial charge in [0.15, 0.2) is 0 Å². The molecule has 0 bridgehead atoms. The molecule has 0 spiro atoms. The van der Waals surface area contributed by atoms with Gasteiger partial charge in [0.25, 0.3) is 0 Å². The van der Waals surface area contributed by atoms with Crippen LogP contribution in [0.2, 0.25) is 5.02 Å². The monoisotopic (exact) mass is 310 g/mol. The second kappa shape index (κ2) is 8.89. The topological polar surface area (TPSA) is 54.3 Å². The number of benzene rings is 1. The molecule has 21 heavy (non-hydrogen) atoms. The first-order chi connectivity index (χ1) is 9.98. The Labute approximate surface area is 132 Å². The van der Waals surface area contributed by atoms with Crippen LogP contribution >= 0.6 is 11.6 Å². The summed E-state index contributed by atoms with van der Waals surface area (Å²) in [5.41, 5.74) is 0.721. The summed E-state index contributed by atoms with van der Waals surface area (Å²) in [7, 11) is 1.68. The van der Waals surface area contributed by atoms with E-state index in [1.165, 1.54) is 0 Å². The van der Waals surface area contributed by atoms with Crippen LogP contribution in [0.4, 0.5) is 0 Å². The first kappa shape index (κ1) is 17.8. The predicted octanol–water partition coefficient (Wildman–Crippen LogP) is 3.39. The molecule has 1 aromatic rings. The molecule has 116 valence electrons. The van der Waals surface area contributed by atoms with Crippen molar-refractivity contribution in [1.29, 1.82) is 5.26 Å². The number of nitriles is 1. The fourth-order valence-electron chi connectivity index (χ4n) is 1.65. The maximum absolute atomic E-state index is 8.96. The van der Waals surface area contributed by atoms with Crippen LogP contribution in [0.3, 0.4) is 0 Å². The molecule has 0 aliphatic carbocycles. The molecule has 1 rings (SSSR count). The van der Waals surface area contributed by atoms with Gasteiger partial charge in [-0.15, -0.1) is 0 Å². The lowest BCUT2D eigenvalue weighted by atomic mass is 9.92. The number of methoxy groups -OCH3 is 1. The molecular weight excluding hydrogens is 288 g/mol. The summed E-state index contributed by atoms with van der Waals surface area (Å²) in [6.45, 7) is 6.50. The molecule has 4 nitrogen and oxygen atoms in total. The van der Waals surface area contributed by atoms with Gasteiger partial charge in [0.2, 0.25) is 0 Å². The highest BCUT2D eigenvalue weighted by Gasteiger charge is 2.16. The molecule has 0 amide bonds. The largest absolute Gasteiger partial charge is 0.492 e. The Morgan fingerprint density at radius 2 is 2.10 bits per heavy atom. The first-order valence-corrected chi connectivity index (χ1v) is 7.38. The molecule has 0 atom stereocenters. The summed E-state index contributed by atoms with van der Waals surface area (Å²) in [4.78, 5) is 0. The fourth-order valence-corrected chi connectivity index (χ4v) is 1.91. The maximum Gasteiger partial charge on any atom is 0.137 e. The van der Waals surface area contributed by atoms with Gasteiger partial charge in [-0.2, -0.15) is 5.26 Å². The van der Waals surface area contributed by atoms with E-state index in [0.29, 0.717) is 30.4 Å². The van der Waals surface area contributed by atoms with E-state index in [2.05, 4.69) is 11.4 Å². The molecule has 5 heteroatoms. The molecule has 1 N–H and O–H groups in total. The zero-order chi connectivity index (χ0) is 15.7. The van der Waals surface area contributed by atoms with Crippen molar-refractivity contribution in [3.8, 4) is 11.8 Å². The van der Waals surface area contributed by atoms with Gasteiger partial charge in [0, 0.05) is 20.2 Å². The molecule has 0 saturated heterocycles. The predicted molar refractivity (Wildman–Crippen MR) is 84.5 cm³/mol. The van der Waals surface area contributed by atoms with Gasteiger partial charge in [-0.25, -0.2) is 0 Å². The Morgan fingerprint density at radius 3 is 2.71 bits per heavy atom. The quantitative estimate of drug-likeness (QED) is 0.710. The van der Waals surface area contributed by atoms with Gasteiger partial charge in [-0.3, -0.25) is 0 Å². The van der Waals surface area contributed by atoms with Gasteiger partial charge >= 0.3 is 0 Å². The molecule has 0 aromatic heterocycles. The third-order valence-corrected chi connectivity index (χ3v) is 3.39. The molecular formula is C16H23ClN2O2. The fraction of sp³-hybridized carbons (Fsp3) is 0.562. The van der Waals surface area contributed by atoms with Crippen LogP contribution in [-0.4, -0.2) is 26.9 Å². The second-order valence-electron chi connectivity index (χ2n) is 5.53. The normalized spacial score (nSPS) is 11.2. The highest BCUT2D eigenvalue weighted by molar-refractivity contribution is 6.32. The number of halogens is 1. The lowest BCUT2D eigenvalue weighted by molar-refractivity contribution is 0.199. The Kier molecular flexibility index (Phi) is 7.52. The van der Waals surface area contributed by atoms with E-state index in [9.17, 15) is 0 Å². The van der Waals surface area contributed by atoms with Gasteiger partial charge in [0.1, 0.15) is 5.75 Å². The Balaban J connectivity index is 2.45. The van der Waals surface area contributed by atoms with Crippen molar-refractivity contribution >= 4 is 11.6 Å². The van der Waals surface area contributed by atoms with Crippen molar-refractivity contribution in [2.45, 2.75) is 26.8 Å². The SMILES string of the molecule is COCCNCc1ccc(OCCC(C)(C)C#N)c(Cl)c1. The van der Waals surface area contributed by atoms with Gasteiger partial charge in [0.05, 0.1) is 29.7 Å². The smallest absolute Gasteiger partial charge is 0.137 e. The zero-order valence-electron chi connectivity index (χ0n) is 12.9. The number of rotatable bonds is 9. The number of nitrogens with zero attached hydrogens (tertiary/aromatic N) is 1. The van der Waals surface area contributed by atoms with Crippen molar-refractivity contribution in [3.63, 3.8) is 0 Å². The van der Waals surface area contributed by atoms with Crippen LogP contribution in [0, 0.1) is 16.7 Å². The van der Waals surface area contributed by atoms with Crippen LogP contribution in [0.25, 0.3) is 0 Å². The van der Waals surface area contributed by atoms with Crippen LogP contribution in [0.15, 0.2) is 18.2 Å². The van der Waals surface area contributed by atoms with Gasteiger partial charge in [-0.1, -0.05) is 17.7 Å². The molecule has 0 heterocycles. The summed E-state index contributed by atoms with van der Waals surface area (Å²) >= 11 is 6.21. The zero-order valence-corrected chi connectivity index (χ0v) is 13.7. The minimum atomic E-state index is -0.377. The van der Waals surface area contributed by atoms with Gasteiger partial charge in [-0.05, 0) is 38.0 Å². The maximum atomic E-state index is 8.96.